The molecular formula is C16H20O2. The van der Waals surface area contributed by atoms with Crippen LogP contribution in [0.1, 0.15) is 31.2 Å². The first kappa shape index (κ1) is 11.8. The number of ether oxygens (including phenoxy) is 2. The van der Waals surface area contributed by atoms with Crippen LogP contribution in [-0.2, 0) is 16.1 Å². The summed E-state index contributed by atoms with van der Waals surface area (Å²) in [6.45, 7) is 0.694. The lowest BCUT2D eigenvalue weighted by atomic mass is 9.81. The standard InChI is InChI=1S/C16H20O2/c1-2-6-13(7-3-1)12-18-16-10-11-17-15-9-5-4-8-14(15)16/h1-3,6-7,10-11,14-16H,4-5,8-9,12H2/t14-,15-,16+/m1/s1. The van der Waals surface area contributed by atoms with E-state index in [0.29, 0.717) is 18.6 Å². The molecule has 0 saturated heterocycles. The van der Waals surface area contributed by atoms with Gasteiger partial charge in [0.2, 0.25) is 0 Å². The van der Waals surface area contributed by atoms with Gasteiger partial charge in [-0.15, -0.1) is 0 Å². The molecule has 3 rings (SSSR count). The van der Waals surface area contributed by atoms with Crippen molar-refractivity contribution in [2.75, 3.05) is 0 Å². The second-order valence-corrected chi connectivity index (χ2v) is 5.21. The van der Waals surface area contributed by atoms with Crippen molar-refractivity contribution in [3.63, 3.8) is 0 Å². The summed E-state index contributed by atoms with van der Waals surface area (Å²) in [7, 11) is 0. The van der Waals surface area contributed by atoms with E-state index in [2.05, 4.69) is 30.3 Å². The van der Waals surface area contributed by atoms with Crippen molar-refractivity contribution in [1.29, 1.82) is 0 Å². The topological polar surface area (TPSA) is 18.5 Å². The maximum absolute atomic E-state index is 6.07. The van der Waals surface area contributed by atoms with E-state index >= 15 is 0 Å². The molecular weight excluding hydrogens is 224 g/mol. The molecule has 0 aromatic heterocycles. The molecule has 1 aliphatic carbocycles. The van der Waals surface area contributed by atoms with Crippen LogP contribution in [0.25, 0.3) is 0 Å². The van der Waals surface area contributed by atoms with Crippen LogP contribution in [0.5, 0.6) is 0 Å². The predicted octanol–water partition coefficient (Wildman–Crippen LogP) is 3.67. The molecule has 96 valence electrons. The van der Waals surface area contributed by atoms with Crippen molar-refractivity contribution < 1.29 is 9.47 Å². The van der Waals surface area contributed by atoms with Gasteiger partial charge in [0.1, 0.15) is 6.10 Å². The van der Waals surface area contributed by atoms with E-state index in [1.165, 1.54) is 31.2 Å². The van der Waals surface area contributed by atoms with E-state index in [0.717, 1.165) is 0 Å². The van der Waals surface area contributed by atoms with Gasteiger partial charge < -0.3 is 9.47 Å². The van der Waals surface area contributed by atoms with Crippen molar-refractivity contribution >= 4 is 0 Å². The Labute approximate surface area is 109 Å². The Balaban J connectivity index is 1.61. The zero-order chi connectivity index (χ0) is 12.2. The highest BCUT2D eigenvalue weighted by atomic mass is 16.5. The molecule has 2 heteroatoms. The lowest BCUT2D eigenvalue weighted by Crippen LogP contribution is -2.38. The van der Waals surface area contributed by atoms with Crippen LogP contribution in [-0.4, -0.2) is 12.2 Å². The van der Waals surface area contributed by atoms with Gasteiger partial charge >= 0.3 is 0 Å². The molecule has 2 nitrogen and oxygen atoms in total. The Bertz CT molecular complexity index is 399. The first-order valence-corrected chi connectivity index (χ1v) is 6.91. The van der Waals surface area contributed by atoms with E-state index in [4.69, 9.17) is 9.47 Å². The summed E-state index contributed by atoms with van der Waals surface area (Å²) in [5.41, 5.74) is 1.24. The molecule has 0 spiro atoms. The Morgan fingerprint density at radius 2 is 1.94 bits per heavy atom. The fourth-order valence-corrected chi connectivity index (χ4v) is 2.98. The summed E-state index contributed by atoms with van der Waals surface area (Å²) in [5, 5.41) is 0. The molecule has 0 amide bonds. The minimum absolute atomic E-state index is 0.226. The van der Waals surface area contributed by atoms with E-state index in [1.807, 2.05) is 12.3 Å². The summed E-state index contributed by atoms with van der Waals surface area (Å²) >= 11 is 0. The van der Waals surface area contributed by atoms with Crippen molar-refractivity contribution in [3.05, 3.63) is 48.2 Å². The van der Waals surface area contributed by atoms with Crippen molar-refractivity contribution in [1.82, 2.24) is 0 Å². The highest BCUT2D eigenvalue weighted by Gasteiger charge is 2.34. The predicted molar refractivity (Wildman–Crippen MR) is 71.0 cm³/mol. The second-order valence-electron chi connectivity index (χ2n) is 5.21. The van der Waals surface area contributed by atoms with Crippen LogP contribution in [0.15, 0.2) is 42.7 Å². The molecule has 0 bridgehead atoms. The van der Waals surface area contributed by atoms with Crippen LogP contribution in [0.3, 0.4) is 0 Å². The molecule has 3 atom stereocenters. The Morgan fingerprint density at radius 1 is 1.11 bits per heavy atom. The summed E-state index contributed by atoms with van der Waals surface area (Å²) in [6.07, 6.45) is 9.53. The summed E-state index contributed by atoms with van der Waals surface area (Å²) in [6, 6.07) is 10.4. The largest absolute Gasteiger partial charge is 0.498 e. The van der Waals surface area contributed by atoms with Gasteiger partial charge in [-0.2, -0.15) is 0 Å². The number of hydrogen-bond acceptors (Lipinski definition) is 2. The summed E-state index contributed by atoms with van der Waals surface area (Å²) < 4.78 is 11.8. The highest BCUT2D eigenvalue weighted by Crippen LogP contribution is 2.34. The van der Waals surface area contributed by atoms with Crippen LogP contribution >= 0.6 is 0 Å². The van der Waals surface area contributed by atoms with E-state index in [1.54, 1.807) is 0 Å². The van der Waals surface area contributed by atoms with Gasteiger partial charge in [0.15, 0.2) is 0 Å². The maximum Gasteiger partial charge on any atom is 0.103 e. The number of fused-ring (bicyclic) bond motifs is 1. The molecule has 1 aromatic carbocycles. The molecule has 0 unspecified atom stereocenters. The average molecular weight is 244 g/mol. The zero-order valence-electron chi connectivity index (χ0n) is 10.6. The SMILES string of the molecule is C1=C[C@H](OCc2ccccc2)[C@@H]2CCCC[C@H]2O1. The minimum Gasteiger partial charge on any atom is -0.498 e. The van der Waals surface area contributed by atoms with E-state index in [-0.39, 0.29) is 6.10 Å². The third kappa shape index (κ3) is 2.59. The molecule has 1 saturated carbocycles. The van der Waals surface area contributed by atoms with Gasteiger partial charge in [-0.1, -0.05) is 36.8 Å². The van der Waals surface area contributed by atoms with E-state index < -0.39 is 0 Å². The van der Waals surface area contributed by atoms with Gasteiger partial charge in [-0.25, -0.2) is 0 Å². The number of benzene rings is 1. The third-order valence-corrected chi connectivity index (χ3v) is 3.98. The first-order chi connectivity index (χ1) is 8.93. The van der Waals surface area contributed by atoms with Gasteiger partial charge in [0, 0.05) is 5.92 Å². The lowest BCUT2D eigenvalue weighted by Gasteiger charge is -2.37. The molecule has 1 fully saturated rings. The van der Waals surface area contributed by atoms with Crippen LogP contribution in [0.2, 0.25) is 0 Å². The number of rotatable bonds is 3. The van der Waals surface area contributed by atoms with Gasteiger partial charge in [-0.05, 0) is 30.9 Å². The minimum atomic E-state index is 0.226. The maximum atomic E-state index is 6.07. The molecule has 1 aliphatic heterocycles. The fourth-order valence-electron chi connectivity index (χ4n) is 2.98. The Kier molecular flexibility index (Phi) is 3.65. The van der Waals surface area contributed by atoms with Gasteiger partial charge in [0.25, 0.3) is 0 Å². The smallest absolute Gasteiger partial charge is 0.103 e. The Morgan fingerprint density at radius 3 is 2.83 bits per heavy atom. The molecule has 1 aromatic rings. The van der Waals surface area contributed by atoms with Crippen LogP contribution in [0, 0.1) is 5.92 Å². The Hall–Kier alpha value is -1.28. The zero-order valence-corrected chi connectivity index (χ0v) is 10.6. The molecule has 2 aliphatic rings. The molecule has 0 N–H and O–H groups in total. The second kappa shape index (κ2) is 5.57. The molecule has 18 heavy (non-hydrogen) atoms. The summed E-state index contributed by atoms with van der Waals surface area (Å²) in [4.78, 5) is 0. The average Bonchev–Trinajstić information content (AvgIpc) is 2.46. The van der Waals surface area contributed by atoms with Crippen molar-refractivity contribution in [2.45, 2.75) is 44.5 Å². The van der Waals surface area contributed by atoms with E-state index in [9.17, 15) is 0 Å². The van der Waals surface area contributed by atoms with Gasteiger partial charge in [0.05, 0.1) is 19.0 Å². The molecule has 0 radical (unpaired) electrons. The third-order valence-electron chi connectivity index (χ3n) is 3.98. The van der Waals surface area contributed by atoms with Crippen LogP contribution < -0.4 is 0 Å². The van der Waals surface area contributed by atoms with Crippen molar-refractivity contribution in [3.8, 4) is 0 Å². The molecule has 1 heterocycles. The normalized spacial score (nSPS) is 30.6. The lowest BCUT2D eigenvalue weighted by molar-refractivity contribution is -0.0592. The monoisotopic (exact) mass is 244 g/mol. The highest BCUT2D eigenvalue weighted by molar-refractivity contribution is 5.13. The fraction of sp³-hybridized carbons (Fsp3) is 0.500. The number of hydrogen-bond donors (Lipinski definition) is 0. The summed E-state index contributed by atoms with van der Waals surface area (Å²) in [5.74, 6) is 0.549. The van der Waals surface area contributed by atoms with Crippen LogP contribution in [0.4, 0.5) is 0 Å². The first-order valence-electron chi connectivity index (χ1n) is 6.91. The van der Waals surface area contributed by atoms with Crippen molar-refractivity contribution in [2.24, 2.45) is 5.92 Å². The quantitative estimate of drug-likeness (QED) is 0.807. The van der Waals surface area contributed by atoms with Gasteiger partial charge in [-0.3, -0.25) is 0 Å².